The molecule has 4 heteroatoms. The van der Waals surface area contributed by atoms with Gasteiger partial charge in [0.15, 0.2) is 0 Å². The monoisotopic (exact) mass is 401 g/mol. The van der Waals surface area contributed by atoms with Crippen molar-refractivity contribution in [3.8, 4) is 0 Å². The zero-order valence-corrected chi connectivity index (χ0v) is 16.7. The van der Waals surface area contributed by atoms with Crippen molar-refractivity contribution in [2.45, 2.75) is 13.3 Å². The molecule has 0 aliphatic rings. The number of aryl methyl sites for hydroxylation is 1. The largest absolute Gasteiger partial charge is 0.478 e. The molecule has 0 saturated heterocycles. The highest BCUT2D eigenvalue weighted by Crippen LogP contribution is 2.29. The van der Waals surface area contributed by atoms with Crippen LogP contribution >= 0.6 is 11.6 Å². The maximum atomic E-state index is 11.3. The molecule has 2 N–H and O–H groups in total. The van der Waals surface area contributed by atoms with E-state index >= 15 is 0 Å². The molecule has 0 bridgehead atoms. The first-order valence-electron chi connectivity index (χ1n) is 9.37. The summed E-state index contributed by atoms with van der Waals surface area (Å²) in [6, 6.07) is 21.3. The van der Waals surface area contributed by atoms with Crippen molar-refractivity contribution in [2.75, 3.05) is 0 Å². The molecule has 3 nitrogen and oxygen atoms in total. The average Bonchev–Trinajstić information content (AvgIpc) is 3.03. The van der Waals surface area contributed by atoms with Crippen LogP contribution in [0.3, 0.4) is 0 Å². The van der Waals surface area contributed by atoms with E-state index in [9.17, 15) is 9.90 Å². The summed E-state index contributed by atoms with van der Waals surface area (Å²) in [6.45, 7) is 2.00. The third-order valence-corrected chi connectivity index (χ3v) is 5.43. The number of carboxylic acids is 1. The second-order valence-corrected chi connectivity index (χ2v) is 7.47. The predicted molar refractivity (Wildman–Crippen MR) is 120 cm³/mol. The number of hydrogen-bond acceptors (Lipinski definition) is 1. The van der Waals surface area contributed by atoms with Gasteiger partial charge in [0.1, 0.15) is 0 Å². The zero-order chi connectivity index (χ0) is 20.4. The number of benzene rings is 3. The second kappa shape index (κ2) is 7.98. The number of aromatic carboxylic acids is 1. The average molecular weight is 402 g/mol. The lowest BCUT2D eigenvalue weighted by Crippen LogP contribution is -1.96. The number of carboxylic acid groups (broad SMARTS) is 1. The fourth-order valence-electron chi connectivity index (χ4n) is 3.50. The number of H-pyrrole nitrogens is 1. The molecule has 144 valence electrons. The standard InChI is InChI=1S/C25H20ClNO2/c1-16-21(22-15-20(25(28)29)11-12-24(22)27-16)14-19-10-9-18(13-23(19)26)8-7-17-5-3-2-4-6-17/h2-13,15,27H,14H2,1H3,(H,28,29)/b8-7+. The molecule has 1 heterocycles. The molecule has 0 saturated carbocycles. The van der Waals surface area contributed by atoms with Crippen LogP contribution in [0.25, 0.3) is 23.1 Å². The number of carbonyl (C=O) groups is 1. The zero-order valence-electron chi connectivity index (χ0n) is 15.9. The summed E-state index contributed by atoms with van der Waals surface area (Å²) in [5, 5.41) is 10.9. The molecule has 0 amide bonds. The number of halogens is 1. The molecule has 1 aromatic heterocycles. The summed E-state index contributed by atoms with van der Waals surface area (Å²) in [7, 11) is 0. The number of rotatable bonds is 5. The topological polar surface area (TPSA) is 53.1 Å². The molecule has 0 radical (unpaired) electrons. The van der Waals surface area contributed by atoms with Crippen LogP contribution in [0.4, 0.5) is 0 Å². The number of aromatic amines is 1. The lowest BCUT2D eigenvalue weighted by atomic mass is 9.99. The molecule has 0 atom stereocenters. The van der Waals surface area contributed by atoms with Crippen molar-refractivity contribution in [1.29, 1.82) is 0 Å². The fourth-order valence-corrected chi connectivity index (χ4v) is 3.76. The third kappa shape index (κ3) is 4.10. The van der Waals surface area contributed by atoms with E-state index in [-0.39, 0.29) is 5.56 Å². The fraction of sp³-hybridized carbons (Fsp3) is 0.0800. The minimum absolute atomic E-state index is 0.283. The number of aromatic nitrogens is 1. The van der Waals surface area contributed by atoms with Gasteiger partial charge in [0.2, 0.25) is 0 Å². The number of nitrogens with one attached hydrogen (secondary N) is 1. The minimum Gasteiger partial charge on any atom is -0.478 e. The van der Waals surface area contributed by atoms with Crippen molar-refractivity contribution in [1.82, 2.24) is 4.98 Å². The summed E-state index contributed by atoms with van der Waals surface area (Å²) < 4.78 is 0. The molecule has 0 spiro atoms. The molecule has 0 fully saturated rings. The maximum absolute atomic E-state index is 11.3. The van der Waals surface area contributed by atoms with Gasteiger partial charge in [-0.3, -0.25) is 0 Å². The molecular formula is C25H20ClNO2. The number of hydrogen-bond donors (Lipinski definition) is 2. The highest BCUT2D eigenvalue weighted by molar-refractivity contribution is 6.31. The maximum Gasteiger partial charge on any atom is 0.335 e. The van der Waals surface area contributed by atoms with Crippen LogP contribution in [0.2, 0.25) is 5.02 Å². The van der Waals surface area contributed by atoms with Gasteiger partial charge in [-0.1, -0.05) is 66.2 Å². The van der Waals surface area contributed by atoms with Crippen molar-refractivity contribution in [3.05, 3.63) is 105 Å². The van der Waals surface area contributed by atoms with Gasteiger partial charge < -0.3 is 10.1 Å². The van der Waals surface area contributed by atoms with Crippen LogP contribution in [-0.4, -0.2) is 16.1 Å². The van der Waals surface area contributed by atoms with Gasteiger partial charge in [-0.05, 0) is 53.4 Å². The van der Waals surface area contributed by atoms with E-state index in [4.69, 9.17) is 11.6 Å². The van der Waals surface area contributed by atoms with E-state index in [1.165, 1.54) is 0 Å². The molecule has 4 rings (SSSR count). The Morgan fingerprint density at radius 2 is 1.76 bits per heavy atom. The van der Waals surface area contributed by atoms with Gasteiger partial charge >= 0.3 is 5.97 Å². The Labute approximate surface area is 174 Å². The van der Waals surface area contributed by atoms with E-state index in [1.54, 1.807) is 12.1 Å². The first-order chi connectivity index (χ1) is 14.0. The molecule has 0 aliphatic carbocycles. The summed E-state index contributed by atoms with van der Waals surface area (Å²) in [6.07, 6.45) is 4.74. The first kappa shape index (κ1) is 19.0. The Morgan fingerprint density at radius 3 is 2.48 bits per heavy atom. The summed E-state index contributed by atoms with van der Waals surface area (Å²) in [5.41, 5.74) is 6.48. The SMILES string of the molecule is Cc1[nH]c2ccc(C(=O)O)cc2c1Cc1ccc(/C=C/c2ccccc2)cc1Cl. The van der Waals surface area contributed by atoms with Crippen molar-refractivity contribution in [2.24, 2.45) is 0 Å². The number of fused-ring (bicyclic) bond motifs is 1. The Kier molecular flexibility index (Phi) is 5.24. The molecule has 0 aliphatic heterocycles. The highest BCUT2D eigenvalue weighted by atomic mass is 35.5. The van der Waals surface area contributed by atoms with Crippen molar-refractivity contribution >= 4 is 40.6 Å². The molecule has 3 aromatic carbocycles. The van der Waals surface area contributed by atoms with Crippen LogP contribution in [0.5, 0.6) is 0 Å². The lowest BCUT2D eigenvalue weighted by molar-refractivity contribution is 0.0697. The predicted octanol–water partition coefficient (Wildman–Crippen LogP) is 6.59. The smallest absolute Gasteiger partial charge is 0.335 e. The van der Waals surface area contributed by atoms with E-state index in [0.29, 0.717) is 11.4 Å². The Morgan fingerprint density at radius 1 is 1.00 bits per heavy atom. The highest BCUT2D eigenvalue weighted by Gasteiger charge is 2.13. The molecule has 29 heavy (non-hydrogen) atoms. The van der Waals surface area contributed by atoms with Crippen LogP contribution in [0.1, 0.15) is 38.3 Å². The van der Waals surface area contributed by atoms with Crippen LogP contribution in [-0.2, 0) is 6.42 Å². The Bertz CT molecular complexity index is 1220. The van der Waals surface area contributed by atoms with Gasteiger partial charge in [-0.2, -0.15) is 0 Å². The normalized spacial score (nSPS) is 11.4. The van der Waals surface area contributed by atoms with Crippen molar-refractivity contribution in [3.63, 3.8) is 0 Å². The van der Waals surface area contributed by atoms with Gasteiger partial charge in [0, 0.05) is 28.0 Å². The van der Waals surface area contributed by atoms with Gasteiger partial charge in [0.25, 0.3) is 0 Å². The molecule has 4 aromatic rings. The molecular weight excluding hydrogens is 382 g/mol. The van der Waals surface area contributed by atoms with Crippen LogP contribution < -0.4 is 0 Å². The van der Waals surface area contributed by atoms with Crippen LogP contribution in [0.15, 0.2) is 66.7 Å². The summed E-state index contributed by atoms with van der Waals surface area (Å²) in [4.78, 5) is 14.7. The second-order valence-electron chi connectivity index (χ2n) is 7.07. The molecule has 0 unspecified atom stereocenters. The lowest BCUT2D eigenvalue weighted by Gasteiger charge is -2.07. The van der Waals surface area contributed by atoms with Crippen molar-refractivity contribution < 1.29 is 9.90 Å². The van der Waals surface area contributed by atoms with Crippen LogP contribution in [0, 0.1) is 6.92 Å². The third-order valence-electron chi connectivity index (χ3n) is 5.08. The first-order valence-corrected chi connectivity index (χ1v) is 9.75. The summed E-state index contributed by atoms with van der Waals surface area (Å²) >= 11 is 6.58. The quantitative estimate of drug-likeness (QED) is 0.370. The summed E-state index contributed by atoms with van der Waals surface area (Å²) in [5.74, 6) is -0.927. The van der Waals surface area contributed by atoms with Gasteiger partial charge in [0.05, 0.1) is 5.56 Å². The Hall–Kier alpha value is -3.30. The minimum atomic E-state index is -0.927. The van der Waals surface area contributed by atoms with E-state index < -0.39 is 5.97 Å². The van der Waals surface area contributed by atoms with E-state index in [1.807, 2.05) is 55.5 Å². The Balaban J connectivity index is 1.63. The van der Waals surface area contributed by atoms with Gasteiger partial charge in [-0.15, -0.1) is 0 Å². The van der Waals surface area contributed by atoms with E-state index in [0.717, 1.165) is 38.9 Å². The van der Waals surface area contributed by atoms with E-state index in [2.05, 4.69) is 23.2 Å². The van der Waals surface area contributed by atoms with Gasteiger partial charge in [-0.25, -0.2) is 4.79 Å².